The Hall–Kier alpha value is -4.99. The molecule has 2 heterocycles. The largest absolute Gasteiger partial charge is 0.493 e. The van der Waals surface area contributed by atoms with Crippen LogP contribution in [0.2, 0.25) is 5.02 Å². The first kappa shape index (κ1) is 32.0. The molecule has 2 aromatic heterocycles. The molecule has 0 atom stereocenters. The van der Waals surface area contributed by atoms with Crippen LogP contribution in [0.4, 0.5) is 0 Å². The molecule has 0 aliphatic heterocycles. The predicted octanol–water partition coefficient (Wildman–Crippen LogP) is 9.19. The Bertz CT molecular complexity index is 2060. The molecular weight excluding hydrogens is 682 g/mol. The van der Waals surface area contributed by atoms with Crippen molar-refractivity contribution in [2.75, 3.05) is 7.11 Å². The van der Waals surface area contributed by atoms with E-state index in [9.17, 15) is 4.79 Å². The number of carbonyl (C=O) groups is 1. The summed E-state index contributed by atoms with van der Waals surface area (Å²) in [6.07, 6.45) is 1.46. The van der Waals surface area contributed by atoms with Crippen molar-refractivity contribution < 1.29 is 23.4 Å². The molecule has 47 heavy (non-hydrogen) atoms. The zero-order valence-electron chi connectivity index (χ0n) is 25.9. The Morgan fingerprint density at radius 1 is 0.936 bits per heavy atom. The maximum absolute atomic E-state index is 12.7. The van der Waals surface area contributed by atoms with Crippen molar-refractivity contribution in [1.29, 1.82) is 0 Å². The number of hydrogen-bond donors (Lipinski definition) is 1. The summed E-state index contributed by atoms with van der Waals surface area (Å²) < 4.78 is 26.0. The van der Waals surface area contributed by atoms with E-state index in [-0.39, 0.29) is 12.4 Å². The first-order chi connectivity index (χ1) is 22.8. The number of rotatable bonds is 11. The molecule has 0 saturated heterocycles. The molecule has 0 bridgehead atoms. The van der Waals surface area contributed by atoms with Gasteiger partial charge in [0.2, 0.25) is 0 Å². The number of aromatic nitrogens is 1. The van der Waals surface area contributed by atoms with Crippen LogP contribution in [0.5, 0.6) is 17.2 Å². The fourth-order valence-corrected chi connectivity index (χ4v) is 5.92. The number of carbonyl (C=O) groups excluding carboxylic acids is 1. The van der Waals surface area contributed by atoms with Gasteiger partial charge in [0.25, 0.3) is 0 Å². The molecule has 1 amide bonds. The second-order valence-corrected chi connectivity index (χ2v) is 11.9. The van der Waals surface area contributed by atoms with Gasteiger partial charge in [0.1, 0.15) is 29.7 Å². The van der Waals surface area contributed by atoms with Crippen LogP contribution in [0, 0.1) is 13.8 Å². The second kappa shape index (κ2) is 14.2. The molecule has 8 nitrogen and oxygen atoms in total. The number of methoxy groups -OCH3 is 1. The third-order valence-corrected chi connectivity index (χ3v) is 9.07. The summed E-state index contributed by atoms with van der Waals surface area (Å²) >= 11 is 10.2. The quantitative estimate of drug-likeness (QED) is 0.107. The van der Waals surface area contributed by atoms with Crippen molar-refractivity contribution >= 4 is 50.4 Å². The Kier molecular flexibility index (Phi) is 9.65. The van der Waals surface area contributed by atoms with E-state index in [1.54, 1.807) is 18.2 Å². The lowest BCUT2D eigenvalue weighted by Crippen LogP contribution is -2.16. The van der Waals surface area contributed by atoms with Crippen LogP contribution >= 0.6 is 27.5 Å². The summed E-state index contributed by atoms with van der Waals surface area (Å²) in [4.78, 5) is 12.7. The molecule has 1 N–H and O–H groups in total. The maximum atomic E-state index is 12.7. The van der Waals surface area contributed by atoms with Crippen molar-refractivity contribution in [1.82, 2.24) is 9.99 Å². The molecule has 6 rings (SSSR count). The molecule has 238 valence electrons. The summed E-state index contributed by atoms with van der Waals surface area (Å²) in [5, 5.41) is 6.64. The lowest BCUT2D eigenvalue weighted by molar-refractivity contribution is 0.0923. The highest BCUT2D eigenvalue weighted by Gasteiger charge is 2.18. The van der Waals surface area contributed by atoms with Gasteiger partial charge in [0.15, 0.2) is 17.3 Å². The normalized spacial score (nSPS) is 11.3. The molecular formula is C37H31BrClN3O5. The number of hydrogen-bond acceptors (Lipinski definition) is 6. The van der Waals surface area contributed by atoms with Gasteiger partial charge in [-0.05, 0) is 101 Å². The first-order valence-electron chi connectivity index (χ1n) is 14.8. The number of nitrogens with zero attached hydrogens (tertiary/aromatic N) is 2. The van der Waals surface area contributed by atoms with Gasteiger partial charge in [-0.25, -0.2) is 5.43 Å². The third-order valence-electron chi connectivity index (χ3n) is 7.63. The average molecular weight is 713 g/mol. The van der Waals surface area contributed by atoms with Gasteiger partial charge in [0, 0.05) is 27.1 Å². The monoisotopic (exact) mass is 711 g/mol. The van der Waals surface area contributed by atoms with Crippen LogP contribution in [0.25, 0.3) is 16.5 Å². The molecule has 0 saturated carbocycles. The van der Waals surface area contributed by atoms with Crippen LogP contribution < -0.4 is 19.6 Å². The Morgan fingerprint density at radius 3 is 2.45 bits per heavy atom. The summed E-state index contributed by atoms with van der Waals surface area (Å²) in [6.45, 7) is 4.60. The van der Waals surface area contributed by atoms with Gasteiger partial charge in [-0.1, -0.05) is 54.1 Å². The van der Waals surface area contributed by atoms with Crippen molar-refractivity contribution in [2.45, 2.75) is 27.1 Å². The fraction of sp³-hybridized carbons (Fsp3) is 0.135. The summed E-state index contributed by atoms with van der Waals surface area (Å²) in [6, 6.07) is 31.2. The molecule has 0 unspecified atom stereocenters. The van der Waals surface area contributed by atoms with Crippen LogP contribution in [-0.4, -0.2) is 23.8 Å². The van der Waals surface area contributed by atoms with E-state index >= 15 is 0 Å². The minimum absolute atomic E-state index is 0.0986. The Balaban J connectivity index is 1.06. The van der Waals surface area contributed by atoms with Crippen molar-refractivity contribution in [3.8, 4) is 22.9 Å². The summed E-state index contributed by atoms with van der Waals surface area (Å²) in [7, 11) is 1.53. The third kappa shape index (κ3) is 7.06. The molecule has 0 spiro atoms. The number of amides is 1. The number of fused-ring (bicyclic) bond motifs is 1. The zero-order chi connectivity index (χ0) is 32.9. The van der Waals surface area contributed by atoms with E-state index in [2.05, 4.69) is 75.2 Å². The highest BCUT2D eigenvalue weighted by molar-refractivity contribution is 9.10. The van der Waals surface area contributed by atoms with Crippen molar-refractivity contribution in [3.63, 3.8) is 0 Å². The number of halogens is 2. The van der Waals surface area contributed by atoms with E-state index in [0.717, 1.165) is 33.4 Å². The SMILES string of the molecule is COc1cc(/C=N/NC(=O)c2ccc(COc3ccc(-n4c(C)ccc4C)cc3)o2)c(Br)c(Cl)c1OCc1cccc2ccccc12. The lowest BCUT2D eigenvalue weighted by atomic mass is 10.1. The number of aryl methyl sites for hydroxylation is 2. The van der Waals surface area contributed by atoms with E-state index < -0.39 is 5.91 Å². The van der Waals surface area contributed by atoms with E-state index in [0.29, 0.717) is 44.7 Å². The van der Waals surface area contributed by atoms with Crippen molar-refractivity contribution in [3.05, 3.63) is 141 Å². The minimum atomic E-state index is -0.515. The number of hydrazone groups is 1. The zero-order valence-corrected chi connectivity index (χ0v) is 28.3. The summed E-state index contributed by atoms with van der Waals surface area (Å²) in [5.74, 6) is 1.58. The average Bonchev–Trinajstić information content (AvgIpc) is 3.71. The minimum Gasteiger partial charge on any atom is -0.493 e. The highest BCUT2D eigenvalue weighted by atomic mass is 79.9. The topological polar surface area (TPSA) is 87.2 Å². The van der Waals surface area contributed by atoms with Crippen LogP contribution in [0.1, 0.15) is 38.8 Å². The maximum Gasteiger partial charge on any atom is 0.307 e. The van der Waals surface area contributed by atoms with Gasteiger partial charge in [0.05, 0.1) is 13.3 Å². The molecule has 0 radical (unpaired) electrons. The van der Waals surface area contributed by atoms with Gasteiger partial charge in [-0.3, -0.25) is 4.79 Å². The van der Waals surface area contributed by atoms with Crippen molar-refractivity contribution in [2.24, 2.45) is 5.10 Å². The number of benzene rings is 4. The van der Waals surface area contributed by atoms with Crippen LogP contribution in [0.3, 0.4) is 0 Å². The van der Waals surface area contributed by atoms with Gasteiger partial charge < -0.3 is 23.2 Å². The first-order valence-corrected chi connectivity index (χ1v) is 15.9. The molecule has 0 fully saturated rings. The molecule has 10 heteroatoms. The van der Waals surface area contributed by atoms with Gasteiger partial charge in [-0.15, -0.1) is 0 Å². The van der Waals surface area contributed by atoms with Crippen LogP contribution in [-0.2, 0) is 13.2 Å². The fourth-order valence-electron chi connectivity index (χ4n) is 5.27. The highest BCUT2D eigenvalue weighted by Crippen LogP contribution is 2.42. The smallest absolute Gasteiger partial charge is 0.307 e. The van der Waals surface area contributed by atoms with E-state index in [4.69, 9.17) is 30.2 Å². The van der Waals surface area contributed by atoms with E-state index in [1.165, 1.54) is 13.3 Å². The second-order valence-electron chi connectivity index (χ2n) is 10.8. The molecule has 0 aliphatic rings. The number of furan rings is 1. The van der Waals surface area contributed by atoms with Gasteiger partial charge in [-0.2, -0.15) is 5.10 Å². The number of ether oxygens (including phenoxy) is 3. The predicted molar refractivity (Wildman–Crippen MR) is 187 cm³/mol. The Labute approximate surface area is 285 Å². The standard InChI is InChI=1S/C37H31BrClN3O5/c1-23-11-12-24(2)42(23)28-13-15-29(16-14-28)45-22-30-17-18-32(47-30)37(43)41-40-20-27-19-33(44-3)36(35(39)34(27)38)46-21-26-9-6-8-25-7-4-5-10-31(25)26/h4-20H,21-22H2,1-3H3,(H,41,43)/b40-20+. The lowest BCUT2D eigenvalue weighted by Gasteiger charge is -2.16. The molecule has 4 aromatic carbocycles. The van der Waals surface area contributed by atoms with E-state index in [1.807, 2.05) is 48.5 Å². The number of nitrogens with one attached hydrogen (secondary N) is 1. The Morgan fingerprint density at radius 2 is 1.68 bits per heavy atom. The molecule has 6 aromatic rings. The van der Waals surface area contributed by atoms with Gasteiger partial charge >= 0.3 is 5.91 Å². The van der Waals surface area contributed by atoms with Crippen LogP contribution in [0.15, 0.2) is 111 Å². The molecule has 0 aliphatic carbocycles. The summed E-state index contributed by atoms with van der Waals surface area (Å²) in [5.41, 5.74) is 7.46.